The number of amides is 1. The van der Waals surface area contributed by atoms with Gasteiger partial charge < -0.3 is 4.90 Å². The predicted molar refractivity (Wildman–Crippen MR) is 72.6 cm³/mol. The van der Waals surface area contributed by atoms with Crippen LogP contribution in [0.2, 0.25) is 0 Å². The number of carbonyl (C=O) groups is 1. The molecule has 1 heterocycles. The summed E-state index contributed by atoms with van der Waals surface area (Å²) < 4.78 is 0. The Balaban J connectivity index is 2.16. The lowest BCUT2D eigenvalue weighted by Gasteiger charge is -2.38. The summed E-state index contributed by atoms with van der Waals surface area (Å²) in [5.74, 6) is 0.745. The third-order valence-electron chi connectivity index (χ3n) is 3.75. The lowest BCUT2D eigenvalue weighted by molar-refractivity contribution is 0.0551. The largest absolute Gasteiger partial charge is 0.336 e. The molecule has 1 aliphatic heterocycles. The van der Waals surface area contributed by atoms with Crippen LogP contribution in [0.3, 0.4) is 0 Å². The molecule has 1 aromatic rings. The fourth-order valence-corrected chi connectivity index (χ4v) is 2.54. The molecule has 2 atom stereocenters. The molecular formula is C14H19NOS. The minimum absolute atomic E-state index is 0.150. The molecule has 1 aliphatic rings. The number of piperidine rings is 1. The first-order valence-electron chi connectivity index (χ1n) is 6.19. The Morgan fingerprint density at radius 2 is 1.94 bits per heavy atom. The molecule has 1 aromatic carbocycles. The van der Waals surface area contributed by atoms with Gasteiger partial charge in [-0.15, -0.1) is 12.6 Å². The topological polar surface area (TPSA) is 20.3 Å². The standard InChI is InChI=1S/C14H19NOS/c1-10-4-3-9-15(11(10)2)14(16)12-5-7-13(17)8-6-12/h5-8,10-11,17H,3-4,9H2,1-2H3. The highest BCUT2D eigenvalue weighted by atomic mass is 32.1. The molecule has 0 bridgehead atoms. The molecule has 2 rings (SSSR count). The maximum atomic E-state index is 12.4. The molecule has 1 amide bonds. The second-order valence-electron chi connectivity index (χ2n) is 4.91. The van der Waals surface area contributed by atoms with E-state index in [0.717, 1.165) is 23.4 Å². The van der Waals surface area contributed by atoms with Crippen molar-refractivity contribution in [3.8, 4) is 0 Å². The van der Waals surface area contributed by atoms with Gasteiger partial charge in [-0.3, -0.25) is 4.79 Å². The van der Waals surface area contributed by atoms with E-state index >= 15 is 0 Å². The summed E-state index contributed by atoms with van der Waals surface area (Å²) in [7, 11) is 0. The summed E-state index contributed by atoms with van der Waals surface area (Å²) in [6.45, 7) is 5.25. The van der Waals surface area contributed by atoms with E-state index in [2.05, 4.69) is 26.5 Å². The highest BCUT2D eigenvalue weighted by Gasteiger charge is 2.28. The summed E-state index contributed by atoms with van der Waals surface area (Å²) in [5, 5.41) is 0. The molecule has 2 unspecified atom stereocenters. The van der Waals surface area contributed by atoms with Crippen LogP contribution < -0.4 is 0 Å². The maximum Gasteiger partial charge on any atom is 0.254 e. The fraction of sp³-hybridized carbons (Fsp3) is 0.500. The van der Waals surface area contributed by atoms with Crippen molar-refractivity contribution >= 4 is 18.5 Å². The van der Waals surface area contributed by atoms with Crippen LogP contribution in [-0.2, 0) is 0 Å². The number of likely N-dealkylation sites (tertiary alicyclic amines) is 1. The van der Waals surface area contributed by atoms with Gasteiger partial charge in [0.15, 0.2) is 0 Å². The van der Waals surface area contributed by atoms with E-state index in [1.165, 1.54) is 6.42 Å². The van der Waals surface area contributed by atoms with Gasteiger partial charge in [-0.25, -0.2) is 0 Å². The first-order chi connectivity index (χ1) is 8.09. The number of rotatable bonds is 1. The Hall–Kier alpha value is -0.960. The molecule has 92 valence electrons. The Bertz CT molecular complexity index is 401. The molecule has 0 aliphatic carbocycles. The lowest BCUT2D eigenvalue weighted by atomic mass is 9.91. The molecule has 0 spiro atoms. The minimum atomic E-state index is 0.150. The molecule has 0 aromatic heterocycles. The van der Waals surface area contributed by atoms with Crippen molar-refractivity contribution in [1.29, 1.82) is 0 Å². The van der Waals surface area contributed by atoms with Crippen molar-refractivity contribution in [3.63, 3.8) is 0 Å². The fourth-order valence-electron chi connectivity index (χ4n) is 2.39. The number of hydrogen-bond acceptors (Lipinski definition) is 2. The van der Waals surface area contributed by atoms with Gasteiger partial charge in [-0.1, -0.05) is 6.92 Å². The van der Waals surface area contributed by atoms with Crippen molar-refractivity contribution in [2.24, 2.45) is 5.92 Å². The number of nitrogens with zero attached hydrogens (tertiary/aromatic N) is 1. The average Bonchev–Trinajstić information content (AvgIpc) is 2.33. The van der Waals surface area contributed by atoms with Crippen LogP contribution in [-0.4, -0.2) is 23.4 Å². The van der Waals surface area contributed by atoms with Gasteiger partial charge in [-0.05, 0) is 49.9 Å². The van der Waals surface area contributed by atoms with E-state index in [1.807, 2.05) is 29.2 Å². The van der Waals surface area contributed by atoms with Gasteiger partial charge in [0.2, 0.25) is 0 Å². The zero-order valence-corrected chi connectivity index (χ0v) is 11.3. The zero-order chi connectivity index (χ0) is 12.4. The highest BCUT2D eigenvalue weighted by molar-refractivity contribution is 7.80. The van der Waals surface area contributed by atoms with E-state index in [1.54, 1.807) is 0 Å². The third-order valence-corrected chi connectivity index (χ3v) is 4.05. The summed E-state index contributed by atoms with van der Waals surface area (Å²) in [4.78, 5) is 15.3. The van der Waals surface area contributed by atoms with E-state index in [4.69, 9.17) is 0 Å². The smallest absolute Gasteiger partial charge is 0.254 e. The molecule has 2 nitrogen and oxygen atoms in total. The summed E-state index contributed by atoms with van der Waals surface area (Å²) in [6.07, 6.45) is 2.34. The summed E-state index contributed by atoms with van der Waals surface area (Å²) >= 11 is 4.23. The maximum absolute atomic E-state index is 12.4. The first-order valence-corrected chi connectivity index (χ1v) is 6.64. The van der Waals surface area contributed by atoms with Crippen LogP contribution in [0.15, 0.2) is 29.2 Å². The van der Waals surface area contributed by atoms with E-state index in [0.29, 0.717) is 12.0 Å². The van der Waals surface area contributed by atoms with Gasteiger partial charge >= 0.3 is 0 Å². The van der Waals surface area contributed by atoms with E-state index in [-0.39, 0.29) is 5.91 Å². The summed E-state index contributed by atoms with van der Waals surface area (Å²) in [6, 6.07) is 7.79. The van der Waals surface area contributed by atoms with Gasteiger partial charge in [0.05, 0.1) is 0 Å². The molecule has 1 fully saturated rings. The van der Waals surface area contributed by atoms with Crippen LogP contribution in [0.1, 0.15) is 37.0 Å². The van der Waals surface area contributed by atoms with Crippen LogP contribution in [0.4, 0.5) is 0 Å². The van der Waals surface area contributed by atoms with E-state index in [9.17, 15) is 4.79 Å². The predicted octanol–water partition coefficient (Wildman–Crippen LogP) is 3.24. The highest BCUT2D eigenvalue weighted by Crippen LogP contribution is 2.24. The monoisotopic (exact) mass is 249 g/mol. The molecule has 0 N–H and O–H groups in total. The molecule has 0 saturated carbocycles. The Kier molecular flexibility index (Phi) is 3.77. The van der Waals surface area contributed by atoms with Crippen LogP contribution in [0.25, 0.3) is 0 Å². The lowest BCUT2D eigenvalue weighted by Crippen LogP contribution is -2.46. The van der Waals surface area contributed by atoms with Crippen molar-refractivity contribution < 1.29 is 4.79 Å². The Morgan fingerprint density at radius 1 is 1.29 bits per heavy atom. The minimum Gasteiger partial charge on any atom is -0.336 e. The molecule has 17 heavy (non-hydrogen) atoms. The average molecular weight is 249 g/mol. The SMILES string of the molecule is CC1CCCN(C(=O)c2ccc(S)cc2)C1C. The quantitative estimate of drug-likeness (QED) is 0.758. The molecule has 1 saturated heterocycles. The van der Waals surface area contributed by atoms with Crippen molar-refractivity contribution in [1.82, 2.24) is 4.90 Å². The van der Waals surface area contributed by atoms with Gasteiger partial charge in [0.25, 0.3) is 5.91 Å². The van der Waals surface area contributed by atoms with Gasteiger partial charge in [0.1, 0.15) is 0 Å². The first kappa shape index (κ1) is 12.5. The zero-order valence-electron chi connectivity index (χ0n) is 10.4. The number of benzene rings is 1. The van der Waals surface area contributed by atoms with Gasteiger partial charge in [-0.2, -0.15) is 0 Å². The van der Waals surface area contributed by atoms with Crippen molar-refractivity contribution in [2.75, 3.05) is 6.54 Å². The number of hydrogen-bond donors (Lipinski definition) is 1. The number of carbonyl (C=O) groups excluding carboxylic acids is 1. The van der Waals surface area contributed by atoms with Gasteiger partial charge in [0, 0.05) is 23.0 Å². The second kappa shape index (κ2) is 5.13. The third kappa shape index (κ3) is 2.65. The molecule has 3 heteroatoms. The Morgan fingerprint density at radius 3 is 2.59 bits per heavy atom. The van der Waals surface area contributed by atoms with Crippen LogP contribution >= 0.6 is 12.6 Å². The van der Waals surface area contributed by atoms with Crippen LogP contribution in [0, 0.1) is 5.92 Å². The molecule has 0 radical (unpaired) electrons. The normalized spacial score (nSPS) is 24.8. The van der Waals surface area contributed by atoms with E-state index < -0.39 is 0 Å². The number of thiol groups is 1. The van der Waals surface area contributed by atoms with Crippen LogP contribution in [0.5, 0.6) is 0 Å². The second-order valence-corrected chi connectivity index (χ2v) is 5.42. The molecular weight excluding hydrogens is 230 g/mol. The van der Waals surface area contributed by atoms with Crippen molar-refractivity contribution in [2.45, 2.75) is 37.6 Å². The summed E-state index contributed by atoms with van der Waals surface area (Å²) in [5.41, 5.74) is 0.767. The Labute approximate surface area is 108 Å². The van der Waals surface area contributed by atoms with Crippen molar-refractivity contribution in [3.05, 3.63) is 29.8 Å².